The number of hydrogen-bond donors (Lipinski definition) is 1. The Kier molecular flexibility index (Phi) is 1.18. The van der Waals surface area contributed by atoms with E-state index in [0.29, 0.717) is 5.92 Å². The van der Waals surface area contributed by atoms with Crippen LogP contribution in [0.15, 0.2) is 0 Å². The Bertz CT molecular complexity index is 178. The third kappa shape index (κ3) is 0.703. The predicted octanol–water partition coefficient (Wildman–Crippen LogP) is 1.80. The highest BCUT2D eigenvalue weighted by atomic mass is 16.3. The number of rotatable bonds is 0. The molecule has 0 aromatic heterocycles. The maximum Gasteiger partial charge on any atom is 0.0574 e. The zero-order valence-corrected chi connectivity index (χ0v) is 6.87. The van der Waals surface area contributed by atoms with E-state index in [-0.39, 0.29) is 6.10 Å². The predicted molar refractivity (Wildman–Crippen MR) is 43.1 cm³/mol. The highest BCUT2D eigenvalue weighted by Crippen LogP contribution is 2.58. The Hall–Kier alpha value is -0.0400. The number of aliphatic hydroxyl groups is 1. The zero-order valence-electron chi connectivity index (χ0n) is 6.87. The first-order valence-electron chi connectivity index (χ1n) is 5.04. The molecule has 3 saturated carbocycles. The van der Waals surface area contributed by atoms with Crippen molar-refractivity contribution >= 4 is 0 Å². The highest BCUT2D eigenvalue weighted by molar-refractivity contribution is 5.02. The molecule has 0 saturated heterocycles. The van der Waals surface area contributed by atoms with Crippen LogP contribution in [0, 0.1) is 23.7 Å². The van der Waals surface area contributed by atoms with E-state index in [0.717, 1.165) is 24.2 Å². The Balaban J connectivity index is 1.90. The molecule has 0 aromatic carbocycles. The SMILES string of the molecule is O[C@@H]1C[C@@H]2C[C@H]1C1CCCC12. The third-order valence-corrected chi connectivity index (χ3v) is 4.39. The summed E-state index contributed by atoms with van der Waals surface area (Å²) in [4.78, 5) is 0. The summed E-state index contributed by atoms with van der Waals surface area (Å²) in [6.07, 6.45) is 6.90. The minimum Gasteiger partial charge on any atom is -0.393 e. The van der Waals surface area contributed by atoms with Gasteiger partial charge < -0.3 is 5.11 Å². The van der Waals surface area contributed by atoms with Crippen LogP contribution in [-0.2, 0) is 0 Å². The second-order valence-electron chi connectivity index (χ2n) is 4.72. The van der Waals surface area contributed by atoms with E-state index in [2.05, 4.69) is 0 Å². The molecule has 62 valence electrons. The van der Waals surface area contributed by atoms with Crippen molar-refractivity contribution in [3.8, 4) is 0 Å². The van der Waals surface area contributed by atoms with Crippen molar-refractivity contribution in [2.75, 3.05) is 0 Å². The molecule has 0 aliphatic heterocycles. The number of aliphatic hydroxyl groups excluding tert-OH is 1. The topological polar surface area (TPSA) is 20.2 Å². The molecule has 0 heterocycles. The summed E-state index contributed by atoms with van der Waals surface area (Å²) < 4.78 is 0. The van der Waals surface area contributed by atoms with Crippen LogP contribution < -0.4 is 0 Å². The molecule has 1 nitrogen and oxygen atoms in total. The van der Waals surface area contributed by atoms with Crippen molar-refractivity contribution in [3.05, 3.63) is 0 Å². The molecule has 11 heavy (non-hydrogen) atoms. The van der Waals surface area contributed by atoms with E-state index in [1.807, 2.05) is 0 Å². The quantitative estimate of drug-likeness (QED) is 0.561. The second kappa shape index (κ2) is 2.01. The lowest BCUT2D eigenvalue weighted by Crippen LogP contribution is -2.27. The molecule has 1 N–H and O–H groups in total. The fourth-order valence-electron chi connectivity index (χ4n) is 4.03. The van der Waals surface area contributed by atoms with Crippen molar-refractivity contribution in [1.29, 1.82) is 0 Å². The number of fused-ring (bicyclic) bond motifs is 5. The Morgan fingerprint density at radius 2 is 1.73 bits per heavy atom. The zero-order chi connectivity index (χ0) is 7.42. The van der Waals surface area contributed by atoms with Gasteiger partial charge in [-0.3, -0.25) is 0 Å². The van der Waals surface area contributed by atoms with Crippen molar-refractivity contribution in [1.82, 2.24) is 0 Å². The molecule has 5 atom stereocenters. The largest absolute Gasteiger partial charge is 0.393 e. The summed E-state index contributed by atoms with van der Waals surface area (Å²) >= 11 is 0. The average Bonchev–Trinajstić information content (AvgIpc) is 2.52. The normalized spacial score (nSPS) is 60.3. The first kappa shape index (κ1) is 6.47. The van der Waals surface area contributed by atoms with Crippen LogP contribution in [0.2, 0.25) is 0 Å². The van der Waals surface area contributed by atoms with Gasteiger partial charge in [0.05, 0.1) is 6.10 Å². The lowest BCUT2D eigenvalue weighted by atomic mass is 9.80. The summed E-state index contributed by atoms with van der Waals surface area (Å²) in [7, 11) is 0. The van der Waals surface area contributed by atoms with Gasteiger partial charge in [-0.05, 0) is 49.4 Å². The van der Waals surface area contributed by atoms with Gasteiger partial charge in [0.2, 0.25) is 0 Å². The van der Waals surface area contributed by atoms with Crippen molar-refractivity contribution in [2.45, 2.75) is 38.2 Å². The maximum absolute atomic E-state index is 9.67. The molecule has 0 spiro atoms. The van der Waals surface area contributed by atoms with E-state index in [4.69, 9.17) is 0 Å². The Labute approximate surface area is 67.8 Å². The van der Waals surface area contributed by atoms with Crippen molar-refractivity contribution in [3.63, 3.8) is 0 Å². The van der Waals surface area contributed by atoms with E-state index < -0.39 is 0 Å². The molecular weight excluding hydrogens is 136 g/mol. The summed E-state index contributed by atoms with van der Waals surface area (Å²) in [6.45, 7) is 0. The smallest absolute Gasteiger partial charge is 0.0574 e. The minimum absolute atomic E-state index is 0.0827. The molecule has 0 aromatic rings. The van der Waals surface area contributed by atoms with Crippen LogP contribution >= 0.6 is 0 Å². The summed E-state index contributed by atoms with van der Waals surface area (Å²) in [5.74, 6) is 3.60. The molecule has 1 heteroatoms. The van der Waals surface area contributed by atoms with E-state index in [1.165, 1.54) is 25.7 Å². The van der Waals surface area contributed by atoms with Crippen LogP contribution in [0.1, 0.15) is 32.1 Å². The molecule has 0 radical (unpaired) electrons. The summed E-state index contributed by atoms with van der Waals surface area (Å²) in [6, 6.07) is 0. The fraction of sp³-hybridized carbons (Fsp3) is 1.00. The summed E-state index contributed by atoms with van der Waals surface area (Å²) in [5.41, 5.74) is 0. The van der Waals surface area contributed by atoms with Gasteiger partial charge in [-0.25, -0.2) is 0 Å². The third-order valence-electron chi connectivity index (χ3n) is 4.39. The van der Waals surface area contributed by atoms with Gasteiger partial charge in [-0.15, -0.1) is 0 Å². The van der Waals surface area contributed by atoms with Gasteiger partial charge in [0.25, 0.3) is 0 Å². The molecule has 3 aliphatic rings. The minimum atomic E-state index is 0.0827. The lowest BCUT2D eigenvalue weighted by molar-refractivity contribution is 0.0642. The van der Waals surface area contributed by atoms with Gasteiger partial charge in [0.1, 0.15) is 0 Å². The second-order valence-corrected chi connectivity index (χ2v) is 4.72. The van der Waals surface area contributed by atoms with Crippen LogP contribution in [0.3, 0.4) is 0 Å². The average molecular weight is 152 g/mol. The molecular formula is C10H16O. The highest BCUT2D eigenvalue weighted by Gasteiger charge is 2.53. The van der Waals surface area contributed by atoms with Crippen LogP contribution in [-0.4, -0.2) is 11.2 Å². The van der Waals surface area contributed by atoms with Crippen LogP contribution in [0.4, 0.5) is 0 Å². The molecule has 3 aliphatic carbocycles. The van der Waals surface area contributed by atoms with Gasteiger partial charge in [-0.2, -0.15) is 0 Å². The molecule has 0 amide bonds. The Morgan fingerprint density at radius 1 is 0.909 bits per heavy atom. The standard InChI is InChI=1S/C10H16O/c11-10-5-6-4-9(10)8-3-1-2-7(6)8/h6-11H,1-5H2/t6-,7?,8?,9-,10+/m0/s1. The van der Waals surface area contributed by atoms with Crippen LogP contribution in [0.25, 0.3) is 0 Å². The van der Waals surface area contributed by atoms with Gasteiger partial charge in [0, 0.05) is 0 Å². The maximum atomic E-state index is 9.67. The molecule has 2 bridgehead atoms. The first-order chi connectivity index (χ1) is 5.36. The fourth-order valence-corrected chi connectivity index (χ4v) is 4.03. The Morgan fingerprint density at radius 3 is 2.64 bits per heavy atom. The summed E-state index contributed by atoms with van der Waals surface area (Å²) in [5, 5.41) is 9.67. The molecule has 2 unspecified atom stereocenters. The van der Waals surface area contributed by atoms with Gasteiger partial charge in [-0.1, -0.05) is 6.42 Å². The number of hydrogen-bond acceptors (Lipinski definition) is 1. The van der Waals surface area contributed by atoms with Crippen molar-refractivity contribution in [2.24, 2.45) is 23.7 Å². The lowest BCUT2D eigenvalue weighted by Gasteiger charge is -2.28. The van der Waals surface area contributed by atoms with E-state index in [1.54, 1.807) is 0 Å². The first-order valence-corrected chi connectivity index (χ1v) is 5.04. The van der Waals surface area contributed by atoms with E-state index in [9.17, 15) is 5.11 Å². The van der Waals surface area contributed by atoms with Crippen LogP contribution in [0.5, 0.6) is 0 Å². The van der Waals surface area contributed by atoms with Crippen molar-refractivity contribution < 1.29 is 5.11 Å². The van der Waals surface area contributed by atoms with Gasteiger partial charge in [0.15, 0.2) is 0 Å². The van der Waals surface area contributed by atoms with Gasteiger partial charge >= 0.3 is 0 Å². The monoisotopic (exact) mass is 152 g/mol. The van der Waals surface area contributed by atoms with E-state index >= 15 is 0 Å². The molecule has 3 rings (SSSR count). The molecule has 3 fully saturated rings.